The number of aryl methyl sites for hydroxylation is 1. The first-order valence-electron chi connectivity index (χ1n) is 11.7. The molecule has 1 unspecified atom stereocenters. The molecule has 2 heterocycles. The number of ether oxygens (including phenoxy) is 1. The first-order chi connectivity index (χ1) is 16.9. The van der Waals surface area contributed by atoms with Crippen LogP contribution in [0, 0.1) is 24.2 Å². The van der Waals surface area contributed by atoms with Crippen molar-refractivity contribution in [1.29, 1.82) is 5.26 Å². The summed E-state index contributed by atoms with van der Waals surface area (Å²) in [7, 11) is 0. The summed E-state index contributed by atoms with van der Waals surface area (Å²) in [6.07, 6.45) is 4.16. The third kappa shape index (κ3) is 5.83. The lowest BCUT2D eigenvalue weighted by Crippen LogP contribution is -2.15. The average molecular weight is 530 g/mol. The standard InChI is InChI=1S/C25H28ClN5O2S2/c1-4-16-6-8-18-19(12-27)24(35-21(18)11-16)28-23(32)14-34-25-30-29-22(31(25)5-2)13-33-17-7-9-20(26)15(3)10-17/h7,9-10,16H,4-6,8,11,13-14H2,1-3H3,(H,28,32). The predicted octanol–water partition coefficient (Wildman–Crippen LogP) is 6.02. The molecule has 4 rings (SSSR count). The van der Waals surface area contributed by atoms with Gasteiger partial charge >= 0.3 is 0 Å². The van der Waals surface area contributed by atoms with Gasteiger partial charge in [0.1, 0.15) is 23.4 Å². The molecule has 1 atom stereocenters. The van der Waals surface area contributed by atoms with E-state index >= 15 is 0 Å². The highest BCUT2D eigenvalue weighted by Gasteiger charge is 2.26. The number of amides is 1. The molecule has 0 saturated heterocycles. The van der Waals surface area contributed by atoms with Gasteiger partial charge in [-0.1, -0.05) is 36.7 Å². The van der Waals surface area contributed by atoms with Gasteiger partial charge in [0.2, 0.25) is 5.91 Å². The number of nitrogens with one attached hydrogen (secondary N) is 1. The minimum atomic E-state index is -0.155. The number of anilines is 1. The van der Waals surface area contributed by atoms with Crippen LogP contribution in [0.2, 0.25) is 5.02 Å². The second-order valence-corrected chi connectivity index (χ2v) is 11.0. The lowest BCUT2D eigenvalue weighted by molar-refractivity contribution is -0.113. The van der Waals surface area contributed by atoms with Crippen LogP contribution in [0.1, 0.15) is 54.1 Å². The van der Waals surface area contributed by atoms with E-state index in [1.807, 2.05) is 30.5 Å². The Balaban J connectivity index is 1.37. The third-order valence-corrected chi connectivity index (χ3v) is 8.81. The third-order valence-electron chi connectivity index (χ3n) is 6.25. The van der Waals surface area contributed by atoms with Gasteiger partial charge in [0.05, 0.1) is 11.3 Å². The Bertz CT molecular complexity index is 1260. The zero-order chi connectivity index (χ0) is 24.9. The number of hydrogen-bond donors (Lipinski definition) is 1. The number of rotatable bonds is 9. The monoisotopic (exact) mass is 529 g/mol. The number of carbonyl (C=O) groups is 1. The summed E-state index contributed by atoms with van der Waals surface area (Å²) in [4.78, 5) is 14.0. The zero-order valence-corrected chi connectivity index (χ0v) is 22.4. The van der Waals surface area contributed by atoms with E-state index in [1.54, 1.807) is 17.4 Å². The molecule has 1 N–H and O–H groups in total. The van der Waals surface area contributed by atoms with Crippen LogP contribution in [0.4, 0.5) is 5.00 Å². The Morgan fingerprint density at radius 3 is 2.94 bits per heavy atom. The van der Waals surface area contributed by atoms with Crippen molar-refractivity contribution < 1.29 is 9.53 Å². The Labute approximate surface area is 218 Å². The van der Waals surface area contributed by atoms with E-state index in [0.29, 0.717) is 44.8 Å². The van der Waals surface area contributed by atoms with Gasteiger partial charge < -0.3 is 14.6 Å². The number of benzene rings is 1. The van der Waals surface area contributed by atoms with Gasteiger partial charge in [0.25, 0.3) is 0 Å². The number of hydrogen-bond acceptors (Lipinski definition) is 7. The number of fused-ring (bicyclic) bond motifs is 1. The Morgan fingerprint density at radius 1 is 1.40 bits per heavy atom. The smallest absolute Gasteiger partial charge is 0.235 e. The van der Waals surface area contributed by atoms with Gasteiger partial charge in [0, 0.05) is 16.4 Å². The predicted molar refractivity (Wildman–Crippen MR) is 140 cm³/mol. The van der Waals surface area contributed by atoms with Gasteiger partial charge in [-0.3, -0.25) is 4.79 Å². The van der Waals surface area contributed by atoms with Gasteiger partial charge in [-0.2, -0.15) is 5.26 Å². The number of aromatic nitrogens is 3. The zero-order valence-electron chi connectivity index (χ0n) is 20.1. The number of halogens is 1. The van der Waals surface area contributed by atoms with Crippen LogP contribution in [-0.2, 0) is 30.8 Å². The molecule has 10 heteroatoms. The lowest BCUT2D eigenvalue weighted by Gasteiger charge is -2.20. The van der Waals surface area contributed by atoms with Crippen molar-refractivity contribution in [2.24, 2.45) is 5.92 Å². The van der Waals surface area contributed by atoms with E-state index in [2.05, 4.69) is 28.5 Å². The van der Waals surface area contributed by atoms with Crippen molar-refractivity contribution in [2.75, 3.05) is 11.1 Å². The topological polar surface area (TPSA) is 92.8 Å². The fourth-order valence-corrected chi connectivity index (χ4v) is 6.47. The molecular formula is C25H28ClN5O2S2. The number of thioether (sulfide) groups is 1. The number of nitriles is 1. The second kappa shape index (κ2) is 11.5. The van der Waals surface area contributed by atoms with E-state index < -0.39 is 0 Å². The summed E-state index contributed by atoms with van der Waals surface area (Å²) in [6.45, 7) is 7.06. The molecule has 184 valence electrons. The highest BCUT2D eigenvalue weighted by molar-refractivity contribution is 7.99. The first kappa shape index (κ1) is 25.5. The quantitative estimate of drug-likeness (QED) is 0.341. The van der Waals surface area contributed by atoms with Crippen molar-refractivity contribution in [3.63, 3.8) is 0 Å². The molecule has 7 nitrogen and oxygen atoms in total. The summed E-state index contributed by atoms with van der Waals surface area (Å²) in [5.41, 5.74) is 2.70. The van der Waals surface area contributed by atoms with Crippen LogP contribution in [0.15, 0.2) is 23.4 Å². The maximum Gasteiger partial charge on any atom is 0.235 e. The molecule has 2 aromatic heterocycles. The highest BCUT2D eigenvalue weighted by Crippen LogP contribution is 2.40. The normalized spacial score (nSPS) is 14.9. The van der Waals surface area contributed by atoms with Crippen LogP contribution < -0.4 is 10.1 Å². The second-order valence-electron chi connectivity index (χ2n) is 8.52. The molecule has 1 aromatic carbocycles. The lowest BCUT2D eigenvalue weighted by atomic mass is 9.86. The fourth-order valence-electron chi connectivity index (χ4n) is 4.21. The summed E-state index contributed by atoms with van der Waals surface area (Å²) in [6, 6.07) is 7.82. The number of nitrogens with zero attached hydrogens (tertiary/aromatic N) is 4. The number of thiophene rings is 1. The molecule has 35 heavy (non-hydrogen) atoms. The number of carbonyl (C=O) groups excluding carboxylic acids is 1. The Morgan fingerprint density at radius 2 is 2.23 bits per heavy atom. The summed E-state index contributed by atoms with van der Waals surface area (Å²) >= 11 is 8.96. The van der Waals surface area contributed by atoms with Crippen molar-refractivity contribution in [1.82, 2.24) is 14.8 Å². The summed E-state index contributed by atoms with van der Waals surface area (Å²) < 4.78 is 7.81. The molecule has 0 fully saturated rings. The highest BCUT2D eigenvalue weighted by atomic mass is 35.5. The molecule has 0 spiro atoms. The molecule has 1 amide bonds. The van der Waals surface area contributed by atoms with Gasteiger partial charge in [-0.15, -0.1) is 21.5 Å². The molecule has 3 aromatic rings. The van der Waals surface area contributed by atoms with Crippen LogP contribution >= 0.6 is 34.7 Å². The molecule has 0 radical (unpaired) electrons. The van der Waals surface area contributed by atoms with Gasteiger partial charge in [0.15, 0.2) is 11.0 Å². The largest absolute Gasteiger partial charge is 0.486 e. The maximum atomic E-state index is 12.7. The van der Waals surface area contributed by atoms with Crippen molar-refractivity contribution >= 4 is 45.6 Å². The SMILES string of the molecule is CCC1CCc2c(sc(NC(=O)CSc3nnc(COc4ccc(Cl)c(C)c4)n3CC)c2C#N)C1. The van der Waals surface area contributed by atoms with E-state index in [4.69, 9.17) is 16.3 Å². The van der Waals surface area contributed by atoms with Crippen molar-refractivity contribution in [2.45, 2.75) is 64.8 Å². The molecule has 1 aliphatic carbocycles. The van der Waals surface area contributed by atoms with Gasteiger partial charge in [-0.25, -0.2) is 0 Å². The fraction of sp³-hybridized carbons (Fsp3) is 0.440. The van der Waals surface area contributed by atoms with Crippen molar-refractivity contribution in [3.8, 4) is 11.8 Å². The van der Waals surface area contributed by atoms with E-state index in [0.717, 1.165) is 36.8 Å². The minimum absolute atomic E-state index is 0.155. The summed E-state index contributed by atoms with van der Waals surface area (Å²) in [5.74, 6) is 2.08. The summed E-state index contributed by atoms with van der Waals surface area (Å²) in [5, 5.41) is 23.2. The minimum Gasteiger partial charge on any atom is -0.486 e. The molecule has 0 saturated carbocycles. The first-order valence-corrected chi connectivity index (χ1v) is 13.9. The van der Waals surface area contributed by atoms with Crippen molar-refractivity contribution in [3.05, 3.63) is 50.6 Å². The van der Waals surface area contributed by atoms with E-state index in [-0.39, 0.29) is 18.3 Å². The molecular weight excluding hydrogens is 502 g/mol. The van der Waals surface area contributed by atoms with Crippen LogP contribution in [0.25, 0.3) is 0 Å². The molecule has 1 aliphatic rings. The average Bonchev–Trinajstić information content (AvgIpc) is 3.42. The molecule has 0 bridgehead atoms. The Kier molecular flexibility index (Phi) is 8.37. The van der Waals surface area contributed by atoms with E-state index in [9.17, 15) is 10.1 Å². The van der Waals surface area contributed by atoms with Crippen LogP contribution in [-0.4, -0.2) is 26.4 Å². The Hall–Kier alpha value is -2.54. The van der Waals surface area contributed by atoms with Crippen LogP contribution in [0.3, 0.4) is 0 Å². The van der Waals surface area contributed by atoms with Gasteiger partial charge in [-0.05, 0) is 68.4 Å². The van der Waals surface area contributed by atoms with Crippen LogP contribution in [0.5, 0.6) is 5.75 Å². The maximum absolute atomic E-state index is 12.7. The van der Waals surface area contributed by atoms with E-state index in [1.165, 1.54) is 16.6 Å². The molecule has 0 aliphatic heterocycles.